The molecule has 0 amide bonds. The van der Waals surface area contributed by atoms with Gasteiger partial charge in [0.05, 0.1) is 18.8 Å². The first-order valence-corrected chi connectivity index (χ1v) is 6.77. The van der Waals surface area contributed by atoms with Crippen LogP contribution in [-0.4, -0.2) is 51.1 Å². The zero-order chi connectivity index (χ0) is 13.7. The van der Waals surface area contributed by atoms with Crippen LogP contribution in [0.2, 0.25) is 12.6 Å². The SMILES string of the molecule is C[B]C1COC(COC(C)C)[C@@H](OC(C)C)[C@H]1F. The minimum Gasteiger partial charge on any atom is -0.376 e. The summed E-state index contributed by atoms with van der Waals surface area (Å²) in [6.45, 7) is 10.4. The topological polar surface area (TPSA) is 27.7 Å². The average Bonchev–Trinajstić information content (AvgIpc) is 2.29. The van der Waals surface area contributed by atoms with Crippen molar-refractivity contribution in [3.05, 3.63) is 0 Å². The molecule has 0 N–H and O–H groups in total. The Morgan fingerprint density at radius 3 is 2.44 bits per heavy atom. The lowest BCUT2D eigenvalue weighted by Gasteiger charge is -2.39. The Balaban J connectivity index is 2.63. The Labute approximate surface area is 111 Å². The van der Waals surface area contributed by atoms with E-state index in [0.717, 1.165) is 0 Å². The van der Waals surface area contributed by atoms with Crippen LogP contribution in [0, 0.1) is 0 Å². The number of halogens is 1. The van der Waals surface area contributed by atoms with Crippen LogP contribution in [0.4, 0.5) is 4.39 Å². The second-order valence-electron chi connectivity index (χ2n) is 5.34. The van der Waals surface area contributed by atoms with Gasteiger partial charge in [-0.3, -0.25) is 0 Å². The monoisotopic (exact) mass is 259 g/mol. The molecule has 1 rings (SSSR count). The molecule has 0 spiro atoms. The Kier molecular flexibility index (Phi) is 6.60. The molecule has 0 bridgehead atoms. The van der Waals surface area contributed by atoms with Crippen molar-refractivity contribution in [3.8, 4) is 0 Å². The molecule has 0 aromatic carbocycles. The molecular formula is C13H25BFO3. The second-order valence-corrected chi connectivity index (χ2v) is 5.34. The van der Waals surface area contributed by atoms with E-state index in [-0.39, 0.29) is 24.1 Å². The number of rotatable bonds is 6. The third kappa shape index (κ3) is 4.52. The molecule has 1 heterocycles. The van der Waals surface area contributed by atoms with Crippen molar-refractivity contribution in [2.75, 3.05) is 13.2 Å². The van der Waals surface area contributed by atoms with Crippen molar-refractivity contribution >= 4 is 7.28 Å². The first kappa shape index (κ1) is 15.9. The highest BCUT2D eigenvalue weighted by Crippen LogP contribution is 2.30. The Morgan fingerprint density at radius 1 is 1.28 bits per heavy atom. The molecule has 1 fully saturated rings. The van der Waals surface area contributed by atoms with Crippen molar-refractivity contribution < 1.29 is 18.6 Å². The summed E-state index contributed by atoms with van der Waals surface area (Å²) < 4.78 is 31.3. The molecule has 105 valence electrons. The molecule has 5 heteroatoms. The van der Waals surface area contributed by atoms with Gasteiger partial charge in [0.25, 0.3) is 0 Å². The fraction of sp³-hybridized carbons (Fsp3) is 1.00. The van der Waals surface area contributed by atoms with E-state index in [1.165, 1.54) is 0 Å². The Hall–Kier alpha value is -0.125. The highest BCUT2D eigenvalue weighted by Gasteiger charge is 2.41. The highest BCUT2D eigenvalue weighted by molar-refractivity contribution is 6.36. The molecule has 1 radical (unpaired) electrons. The van der Waals surface area contributed by atoms with Gasteiger partial charge in [-0.15, -0.1) is 0 Å². The van der Waals surface area contributed by atoms with E-state index >= 15 is 0 Å². The molecule has 0 aromatic rings. The van der Waals surface area contributed by atoms with Gasteiger partial charge in [0.1, 0.15) is 25.7 Å². The zero-order valence-electron chi connectivity index (χ0n) is 12.1. The van der Waals surface area contributed by atoms with Crippen LogP contribution in [0.5, 0.6) is 0 Å². The molecular weight excluding hydrogens is 234 g/mol. The molecule has 0 aromatic heterocycles. The van der Waals surface area contributed by atoms with Crippen molar-refractivity contribution in [1.82, 2.24) is 0 Å². The van der Waals surface area contributed by atoms with Crippen LogP contribution in [-0.2, 0) is 14.2 Å². The van der Waals surface area contributed by atoms with Crippen LogP contribution >= 0.6 is 0 Å². The summed E-state index contributed by atoms with van der Waals surface area (Å²) in [5.74, 6) is -0.191. The van der Waals surface area contributed by atoms with Gasteiger partial charge in [-0.05, 0) is 33.5 Å². The summed E-state index contributed by atoms with van der Waals surface area (Å²) in [7, 11) is 1.85. The molecule has 2 unspecified atom stereocenters. The summed E-state index contributed by atoms with van der Waals surface area (Å²) in [6.07, 6.45) is -1.79. The lowest BCUT2D eigenvalue weighted by molar-refractivity contribution is -0.175. The highest BCUT2D eigenvalue weighted by atomic mass is 19.1. The standard InChI is InChI=1S/C13H25BFO3/c1-8(2)16-7-11-13(18-9(3)4)12(15)10(14-5)6-17-11/h8-13H,6-7H2,1-5H3/t10?,11?,12-,13+/m0/s1. The molecule has 3 nitrogen and oxygen atoms in total. The first-order chi connectivity index (χ1) is 8.45. The van der Waals surface area contributed by atoms with Gasteiger partial charge >= 0.3 is 0 Å². The molecule has 0 aliphatic carbocycles. The number of hydrogen-bond donors (Lipinski definition) is 0. The number of hydrogen-bond acceptors (Lipinski definition) is 3. The van der Waals surface area contributed by atoms with Crippen LogP contribution in [0.1, 0.15) is 27.7 Å². The molecule has 18 heavy (non-hydrogen) atoms. The van der Waals surface area contributed by atoms with Crippen molar-refractivity contribution in [2.45, 2.75) is 70.9 Å². The van der Waals surface area contributed by atoms with Gasteiger partial charge in [0.15, 0.2) is 0 Å². The second kappa shape index (κ2) is 7.46. The molecule has 1 saturated heterocycles. The van der Waals surface area contributed by atoms with Gasteiger partial charge in [-0.2, -0.15) is 0 Å². The van der Waals surface area contributed by atoms with Crippen LogP contribution < -0.4 is 0 Å². The van der Waals surface area contributed by atoms with Gasteiger partial charge in [0.2, 0.25) is 0 Å². The maximum Gasteiger partial charge on any atom is 0.127 e. The van der Waals surface area contributed by atoms with E-state index in [9.17, 15) is 4.39 Å². The smallest absolute Gasteiger partial charge is 0.127 e. The predicted molar refractivity (Wildman–Crippen MR) is 71.1 cm³/mol. The van der Waals surface area contributed by atoms with Crippen LogP contribution in [0.25, 0.3) is 0 Å². The fourth-order valence-electron chi connectivity index (χ4n) is 2.06. The lowest BCUT2D eigenvalue weighted by atomic mass is 9.63. The van der Waals surface area contributed by atoms with E-state index in [1.54, 1.807) is 0 Å². The molecule has 4 atom stereocenters. The predicted octanol–water partition coefficient (Wildman–Crippen LogP) is 2.48. The Bertz CT molecular complexity index is 238. The van der Waals surface area contributed by atoms with Crippen molar-refractivity contribution in [1.29, 1.82) is 0 Å². The largest absolute Gasteiger partial charge is 0.376 e. The van der Waals surface area contributed by atoms with Crippen molar-refractivity contribution in [3.63, 3.8) is 0 Å². The quantitative estimate of drug-likeness (QED) is 0.686. The lowest BCUT2D eigenvalue weighted by Crippen LogP contribution is -2.51. The summed E-state index contributed by atoms with van der Waals surface area (Å²) in [6, 6.07) is 0. The first-order valence-electron chi connectivity index (χ1n) is 6.77. The molecule has 0 saturated carbocycles. The van der Waals surface area contributed by atoms with Crippen LogP contribution in [0.3, 0.4) is 0 Å². The summed E-state index contributed by atoms with van der Waals surface area (Å²) in [4.78, 5) is 0. The van der Waals surface area contributed by atoms with Gasteiger partial charge < -0.3 is 14.2 Å². The van der Waals surface area contributed by atoms with E-state index in [4.69, 9.17) is 14.2 Å². The summed E-state index contributed by atoms with van der Waals surface area (Å²) in [5.41, 5.74) is 0. The normalized spacial score (nSPS) is 33.1. The minimum absolute atomic E-state index is 0.0194. The van der Waals surface area contributed by atoms with Gasteiger partial charge in [-0.25, -0.2) is 4.39 Å². The number of alkyl halides is 1. The third-order valence-electron chi connectivity index (χ3n) is 3.04. The molecule has 1 aliphatic heterocycles. The average molecular weight is 259 g/mol. The number of ether oxygens (including phenoxy) is 3. The van der Waals surface area contributed by atoms with E-state index in [0.29, 0.717) is 13.2 Å². The maximum absolute atomic E-state index is 14.4. The Morgan fingerprint density at radius 2 is 1.94 bits per heavy atom. The third-order valence-corrected chi connectivity index (χ3v) is 3.04. The summed E-state index contributed by atoms with van der Waals surface area (Å²) in [5, 5.41) is 0. The minimum atomic E-state index is -1.02. The van der Waals surface area contributed by atoms with E-state index in [2.05, 4.69) is 0 Å². The molecule has 1 aliphatic rings. The maximum atomic E-state index is 14.4. The van der Waals surface area contributed by atoms with Crippen molar-refractivity contribution in [2.24, 2.45) is 0 Å². The van der Waals surface area contributed by atoms with Gasteiger partial charge in [0, 0.05) is 6.61 Å². The summed E-state index contributed by atoms with van der Waals surface area (Å²) >= 11 is 0. The van der Waals surface area contributed by atoms with Crippen LogP contribution in [0.15, 0.2) is 0 Å². The fourth-order valence-corrected chi connectivity index (χ4v) is 2.06. The van der Waals surface area contributed by atoms with E-state index in [1.807, 2.05) is 41.8 Å². The van der Waals surface area contributed by atoms with Gasteiger partial charge in [-0.1, -0.05) is 6.82 Å². The van der Waals surface area contributed by atoms with E-state index < -0.39 is 12.3 Å². The zero-order valence-corrected chi connectivity index (χ0v) is 12.1.